The summed E-state index contributed by atoms with van der Waals surface area (Å²) in [7, 11) is 0. The highest BCUT2D eigenvalue weighted by Crippen LogP contribution is 2.03. The van der Waals surface area contributed by atoms with Gasteiger partial charge in [0.25, 0.3) is 0 Å². The fourth-order valence-corrected chi connectivity index (χ4v) is 0.770. The van der Waals surface area contributed by atoms with E-state index in [9.17, 15) is 4.79 Å². The number of hydrogen-bond acceptors (Lipinski definition) is 4. The summed E-state index contributed by atoms with van der Waals surface area (Å²) in [5.41, 5.74) is 6.50. The van der Waals surface area contributed by atoms with Crippen molar-refractivity contribution in [1.29, 1.82) is 0 Å². The molecule has 0 saturated carbocycles. The van der Waals surface area contributed by atoms with Gasteiger partial charge in [-0.15, -0.1) is 0 Å². The number of carbonyl (C=O) groups excluding carboxylic acids is 1. The highest BCUT2D eigenvalue weighted by Gasteiger charge is 1.97. The van der Waals surface area contributed by atoms with Crippen LogP contribution in [0.4, 0.5) is 10.5 Å². The smallest absolute Gasteiger partial charge is 0.418 e. The highest BCUT2D eigenvalue weighted by molar-refractivity contribution is 5.69. The van der Waals surface area contributed by atoms with E-state index in [1.807, 2.05) is 13.0 Å². The Morgan fingerprint density at radius 1 is 1.64 bits per heavy atom. The maximum absolute atomic E-state index is 10.8. The Labute approximate surface area is 81.8 Å². The Morgan fingerprint density at radius 2 is 2.43 bits per heavy atom. The quantitative estimate of drug-likeness (QED) is 0.565. The van der Waals surface area contributed by atoms with Gasteiger partial charge < -0.3 is 4.74 Å². The maximum Gasteiger partial charge on any atom is 0.430 e. The van der Waals surface area contributed by atoms with Crippen molar-refractivity contribution in [2.24, 2.45) is 0 Å². The molecule has 5 nitrogen and oxygen atoms in total. The molecule has 2 N–H and O–H groups in total. The summed E-state index contributed by atoms with van der Waals surface area (Å²) >= 11 is 0. The van der Waals surface area contributed by atoms with Crippen LogP contribution in [-0.4, -0.2) is 11.1 Å². The molecule has 0 aromatic carbocycles. The van der Waals surface area contributed by atoms with Crippen LogP contribution in [0.25, 0.3) is 0 Å². The molecule has 74 valence electrons. The van der Waals surface area contributed by atoms with Crippen LogP contribution < -0.4 is 10.9 Å². The largest absolute Gasteiger partial charge is 0.430 e. The number of rotatable bonds is 3. The number of ether oxygens (including phenoxy) is 1. The average Bonchev–Trinajstić information content (AvgIpc) is 2.17. The zero-order valence-electron chi connectivity index (χ0n) is 7.78. The molecule has 14 heavy (non-hydrogen) atoms. The van der Waals surface area contributed by atoms with Gasteiger partial charge in [0.2, 0.25) is 0 Å². The van der Waals surface area contributed by atoms with Gasteiger partial charge in [0.1, 0.15) is 0 Å². The van der Waals surface area contributed by atoms with Crippen LogP contribution in [0.3, 0.4) is 0 Å². The van der Waals surface area contributed by atoms with Gasteiger partial charge in [0.05, 0.1) is 18.1 Å². The third-order valence-corrected chi connectivity index (χ3v) is 1.41. The van der Waals surface area contributed by atoms with E-state index < -0.39 is 6.09 Å². The SMILES string of the molecule is C=COC(=O)NNc1ccc(C)nc1. The molecular formula is C9H11N3O2. The van der Waals surface area contributed by atoms with E-state index in [0.29, 0.717) is 5.69 Å². The third-order valence-electron chi connectivity index (χ3n) is 1.41. The van der Waals surface area contributed by atoms with Gasteiger partial charge in [-0.25, -0.2) is 10.2 Å². The maximum atomic E-state index is 10.8. The molecule has 0 aliphatic rings. The Kier molecular flexibility index (Phi) is 3.49. The summed E-state index contributed by atoms with van der Waals surface area (Å²) in [5, 5.41) is 0. The van der Waals surface area contributed by atoms with Gasteiger partial charge in [-0.05, 0) is 19.1 Å². The zero-order valence-corrected chi connectivity index (χ0v) is 7.78. The number of amides is 1. The van der Waals surface area contributed by atoms with Crippen LogP contribution >= 0.6 is 0 Å². The average molecular weight is 193 g/mol. The van der Waals surface area contributed by atoms with E-state index in [0.717, 1.165) is 12.0 Å². The first-order valence-electron chi connectivity index (χ1n) is 3.98. The minimum absolute atomic E-state index is 0.624. The number of nitrogens with one attached hydrogen (secondary N) is 2. The summed E-state index contributed by atoms with van der Waals surface area (Å²) in [4.78, 5) is 14.8. The summed E-state index contributed by atoms with van der Waals surface area (Å²) in [5.74, 6) is 0. The molecule has 1 rings (SSSR count). The van der Waals surface area contributed by atoms with Crippen molar-refractivity contribution in [3.05, 3.63) is 36.9 Å². The number of pyridine rings is 1. The van der Waals surface area contributed by atoms with Crippen LogP contribution in [0.2, 0.25) is 0 Å². The van der Waals surface area contributed by atoms with E-state index in [4.69, 9.17) is 0 Å². The number of hydrogen-bond donors (Lipinski definition) is 2. The summed E-state index contributed by atoms with van der Waals surface area (Å²) in [6.45, 7) is 5.12. The van der Waals surface area contributed by atoms with Crippen LogP contribution in [0.5, 0.6) is 0 Å². The standard InChI is InChI=1S/C9H11N3O2/c1-3-14-9(13)12-11-8-5-4-7(2)10-6-8/h3-6,11H,1H2,2H3,(H,12,13). The third kappa shape index (κ3) is 3.14. The van der Waals surface area contributed by atoms with Crippen molar-refractivity contribution < 1.29 is 9.53 Å². The minimum atomic E-state index is -0.624. The molecule has 1 aromatic heterocycles. The number of anilines is 1. The highest BCUT2D eigenvalue weighted by atomic mass is 16.5. The van der Waals surface area contributed by atoms with Crippen LogP contribution in [0.1, 0.15) is 5.69 Å². The van der Waals surface area contributed by atoms with Crippen molar-refractivity contribution in [2.75, 3.05) is 5.43 Å². The zero-order chi connectivity index (χ0) is 10.4. The lowest BCUT2D eigenvalue weighted by atomic mass is 10.3. The summed E-state index contributed by atoms with van der Waals surface area (Å²) in [6.07, 6.45) is 2.02. The normalized spacial score (nSPS) is 8.93. The van der Waals surface area contributed by atoms with Gasteiger partial charge in [0, 0.05) is 5.69 Å². The van der Waals surface area contributed by atoms with Gasteiger partial charge >= 0.3 is 6.09 Å². The predicted molar refractivity (Wildman–Crippen MR) is 52.4 cm³/mol. The van der Waals surface area contributed by atoms with Gasteiger partial charge in [0.15, 0.2) is 0 Å². The fraction of sp³-hybridized carbons (Fsp3) is 0.111. The monoisotopic (exact) mass is 193 g/mol. The molecule has 0 unspecified atom stereocenters. The molecule has 0 aliphatic heterocycles. The molecule has 0 aliphatic carbocycles. The number of nitrogens with zero attached hydrogens (tertiary/aromatic N) is 1. The first-order valence-corrected chi connectivity index (χ1v) is 3.98. The molecule has 0 atom stereocenters. The van der Waals surface area contributed by atoms with Crippen LogP contribution in [0.15, 0.2) is 31.2 Å². The predicted octanol–water partition coefficient (Wildman–Crippen LogP) is 1.59. The Hall–Kier alpha value is -2.04. The van der Waals surface area contributed by atoms with Crippen molar-refractivity contribution in [3.8, 4) is 0 Å². The van der Waals surface area contributed by atoms with E-state index in [-0.39, 0.29) is 0 Å². The fourth-order valence-electron chi connectivity index (χ4n) is 0.770. The Balaban J connectivity index is 2.41. The molecule has 1 heterocycles. The van der Waals surface area contributed by atoms with E-state index >= 15 is 0 Å². The van der Waals surface area contributed by atoms with Gasteiger partial charge in [-0.1, -0.05) is 6.58 Å². The summed E-state index contributed by atoms with van der Waals surface area (Å²) in [6, 6.07) is 3.61. The van der Waals surface area contributed by atoms with Crippen molar-refractivity contribution in [3.63, 3.8) is 0 Å². The Morgan fingerprint density at radius 3 is 3.00 bits per heavy atom. The second-order valence-electron chi connectivity index (χ2n) is 2.51. The minimum Gasteiger partial charge on any atom is -0.418 e. The number of aryl methyl sites for hydroxylation is 1. The molecular weight excluding hydrogens is 182 g/mol. The molecule has 0 saturated heterocycles. The second kappa shape index (κ2) is 4.86. The first kappa shape index (κ1) is 10.0. The number of hydrazine groups is 1. The molecule has 1 aromatic rings. The van der Waals surface area contributed by atoms with E-state index in [2.05, 4.69) is 27.2 Å². The summed E-state index contributed by atoms with van der Waals surface area (Å²) < 4.78 is 4.42. The lowest BCUT2D eigenvalue weighted by Gasteiger charge is -2.06. The molecule has 0 bridgehead atoms. The topological polar surface area (TPSA) is 63.2 Å². The number of aromatic nitrogens is 1. The van der Waals surface area contributed by atoms with Crippen molar-refractivity contribution in [2.45, 2.75) is 6.92 Å². The van der Waals surface area contributed by atoms with Gasteiger partial charge in [-0.2, -0.15) is 0 Å². The molecule has 0 fully saturated rings. The lowest BCUT2D eigenvalue weighted by molar-refractivity contribution is 0.188. The van der Waals surface area contributed by atoms with Crippen LogP contribution in [-0.2, 0) is 4.74 Å². The first-order chi connectivity index (χ1) is 6.72. The Bertz CT molecular complexity index is 321. The molecule has 5 heteroatoms. The van der Waals surface area contributed by atoms with E-state index in [1.165, 1.54) is 0 Å². The molecule has 1 amide bonds. The lowest BCUT2D eigenvalue weighted by Crippen LogP contribution is -2.28. The molecule has 0 spiro atoms. The molecule has 0 radical (unpaired) electrons. The van der Waals surface area contributed by atoms with Gasteiger partial charge in [-0.3, -0.25) is 10.4 Å². The number of carbonyl (C=O) groups is 1. The second-order valence-corrected chi connectivity index (χ2v) is 2.51. The van der Waals surface area contributed by atoms with Crippen molar-refractivity contribution >= 4 is 11.8 Å². The van der Waals surface area contributed by atoms with Crippen molar-refractivity contribution in [1.82, 2.24) is 10.4 Å². The van der Waals surface area contributed by atoms with E-state index in [1.54, 1.807) is 12.3 Å². The van der Waals surface area contributed by atoms with Crippen LogP contribution in [0, 0.1) is 6.92 Å².